The Hall–Kier alpha value is -0.610. The Morgan fingerprint density at radius 1 is 1.47 bits per heavy atom. The molecule has 4 nitrogen and oxygen atoms in total. The first kappa shape index (κ1) is 10.9. The van der Waals surface area contributed by atoms with Crippen LogP contribution >= 0.6 is 0 Å². The van der Waals surface area contributed by atoms with Gasteiger partial charge in [-0.25, -0.2) is 0 Å². The molecule has 0 aromatic heterocycles. The molecule has 1 amide bonds. The van der Waals surface area contributed by atoms with E-state index in [9.17, 15) is 4.79 Å². The average Bonchev–Trinajstić information content (AvgIpc) is 3.10. The highest BCUT2D eigenvalue weighted by atomic mass is 16.5. The van der Waals surface area contributed by atoms with Crippen molar-refractivity contribution in [3.8, 4) is 0 Å². The second-order valence-corrected chi connectivity index (χ2v) is 4.49. The maximum absolute atomic E-state index is 11.8. The number of piperidine rings is 1. The van der Waals surface area contributed by atoms with Gasteiger partial charge in [0.2, 0.25) is 5.91 Å². The van der Waals surface area contributed by atoms with Gasteiger partial charge in [0.25, 0.3) is 0 Å². The highest BCUT2D eigenvalue weighted by Crippen LogP contribution is 2.18. The third-order valence-electron chi connectivity index (χ3n) is 3.18. The topological polar surface area (TPSA) is 41.6 Å². The molecule has 86 valence electrons. The van der Waals surface area contributed by atoms with Gasteiger partial charge in [0.05, 0.1) is 12.6 Å². The van der Waals surface area contributed by atoms with E-state index in [-0.39, 0.29) is 12.0 Å². The summed E-state index contributed by atoms with van der Waals surface area (Å²) in [7, 11) is 1.72. The van der Waals surface area contributed by atoms with E-state index in [1.807, 2.05) is 4.90 Å². The first-order valence-corrected chi connectivity index (χ1v) is 5.83. The standard InChI is InChI=1S/C11H20N2O2/c1-15-10-3-2-6-13(8-10)11(14)7-12-9-4-5-9/h9-10,12H,2-8H2,1H3. The summed E-state index contributed by atoms with van der Waals surface area (Å²) in [6.07, 6.45) is 4.84. The van der Waals surface area contributed by atoms with Crippen molar-refractivity contribution in [3.05, 3.63) is 0 Å². The van der Waals surface area contributed by atoms with Crippen molar-refractivity contribution in [2.75, 3.05) is 26.7 Å². The van der Waals surface area contributed by atoms with Crippen LogP contribution in [-0.4, -0.2) is 49.7 Å². The van der Waals surface area contributed by atoms with Crippen molar-refractivity contribution >= 4 is 5.91 Å². The van der Waals surface area contributed by atoms with Crippen molar-refractivity contribution in [2.45, 2.75) is 37.8 Å². The van der Waals surface area contributed by atoms with Gasteiger partial charge in [-0.2, -0.15) is 0 Å². The minimum absolute atomic E-state index is 0.226. The maximum Gasteiger partial charge on any atom is 0.236 e. The minimum Gasteiger partial charge on any atom is -0.380 e. The van der Waals surface area contributed by atoms with Gasteiger partial charge < -0.3 is 15.0 Å². The number of hydrogen-bond acceptors (Lipinski definition) is 3. The van der Waals surface area contributed by atoms with Crippen LogP contribution in [0.15, 0.2) is 0 Å². The Bertz CT molecular complexity index is 229. The molecule has 15 heavy (non-hydrogen) atoms. The molecule has 1 aliphatic heterocycles. The van der Waals surface area contributed by atoms with Crippen molar-refractivity contribution in [1.82, 2.24) is 10.2 Å². The zero-order chi connectivity index (χ0) is 10.7. The first-order chi connectivity index (χ1) is 7.29. The van der Waals surface area contributed by atoms with E-state index in [1.165, 1.54) is 12.8 Å². The summed E-state index contributed by atoms with van der Waals surface area (Å²) in [4.78, 5) is 13.7. The number of amides is 1. The summed E-state index contributed by atoms with van der Waals surface area (Å²) in [5.74, 6) is 0.226. The van der Waals surface area contributed by atoms with E-state index in [0.29, 0.717) is 12.6 Å². The van der Waals surface area contributed by atoms with Crippen LogP contribution in [-0.2, 0) is 9.53 Å². The molecule has 0 aromatic rings. The van der Waals surface area contributed by atoms with E-state index >= 15 is 0 Å². The van der Waals surface area contributed by atoms with Gasteiger partial charge in [-0.3, -0.25) is 4.79 Å². The van der Waals surface area contributed by atoms with Gasteiger partial charge in [-0.1, -0.05) is 0 Å². The van der Waals surface area contributed by atoms with Crippen LogP contribution in [0.1, 0.15) is 25.7 Å². The zero-order valence-corrected chi connectivity index (χ0v) is 9.37. The van der Waals surface area contributed by atoms with Crippen molar-refractivity contribution in [2.24, 2.45) is 0 Å². The predicted molar refractivity (Wildman–Crippen MR) is 57.6 cm³/mol. The Labute approximate surface area is 91.0 Å². The molecule has 0 bridgehead atoms. The SMILES string of the molecule is COC1CCCN(C(=O)CNC2CC2)C1. The number of rotatable bonds is 4. The molecule has 1 saturated carbocycles. The van der Waals surface area contributed by atoms with Crippen LogP contribution in [0.4, 0.5) is 0 Å². The molecule has 0 radical (unpaired) electrons. The zero-order valence-electron chi connectivity index (χ0n) is 9.37. The molecule has 1 saturated heterocycles. The maximum atomic E-state index is 11.8. The molecule has 1 unspecified atom stereocenters. The molecule has 2 aliphatic rings. The van der Waals surface area contributed by atoms with E-state index in [2.05, 4.69) is 5.32 Å². The van der Waals surface area contributed by atoms with Crippen LogP contribution in [0, 0.1) is 0 Å². The third kappa shape index (κ3) is 3.18. The van der Waals surface area contributed by atoms with Gasteiger partial charge in [-0.15, -0.1) is 0 Å². The van der Waals surface area contributed by atoms with E-state index in [4.69, 9.17) is 4.74 Å². The molecule has 0 aromatic carbocycles. The summed E-state index contributed by atoms with van der Waals surface area (Å²) in [5, 5.41) is 3.25. The summed E-state index contributed by atoms with van der Waals surface area (Å²) in [5.41, 5.74) is 0. The third-order valence-corrected chi connectivity index (χ3v) is 3.18. The van der Waals surface area contributed by atoms with Gasteiger partial charge in [0.15, 0.2) is 0 Å². The predicted octanol–water partition coefficient (Wildman–Crippen LogP) is 0.376. The van der Waals surface area contributed by atoms with E-state index < -0.39 is 0 Å². The van der Waals surface area contributed by atoms with Gasteiger partial charge in [-0.05, 0) is 25.7 Å². The van der Waals surface area contributed by atoms with Crippen LogP contribution in [0.25, 0.3) is 0 Å². The number of nitrogens with zero attached hydrogens (tertiary/aromatic N) is 1. The number of methoxy groups -OCH3 is 1. The van der Waals surface area contributed by atoms with Crippen molar-refractivity contribution < 1.29 is 9.53 Å². The lowest BCUT2D eigenvalue weighted by molar-refractivity contribution is -0.133. The molecule has 1 N–H and O–H groups in total. The van der Waals surface area contributed by atoms with Crippen LogP contribution in [0.3, 0.4) is 0 Å². The fraction of sp³-hybridized carbons (Fsp3) is 0.909. The molecular formula is C11H20N2O2. The molecule has 2 rings (SSSR count). The Morgan fingerprint density at radius 2 is 2.27 bits per heavy atom. The Kier molecular flexibility index (Phi) is 3.59. The second-order valence-electron chi connectivity index (χ2n) is 4.49. The van der Waals surface area contributed by atoms with Gasteiger partial charge >= 0.3 is 0 Å². The van der Waals surface area contributed by atoms with Crippen LogP contribution in [0.2, 0.25) is 0 Å². The van der Waals surface area contributed by atoms with Crippen LogP contribution < -0.4 is 5.32 Å². The molecule has 1 atom stereocenters. The monoisotopic (exact) mass is 212 g/mol. The van der Waals surface area contributed by atoms with E-state index in [1.54, 1.807) is 7.11 Å². The molecule has 4 heteroatoms. The smallest absolute Gasteiger partial charge is 0.236 e. The van der Waals surface area contributed by atoms with E-state index in [0.717, 1.165) is 25.9 Å². The number of carbonyl (C=O) groups is 1. The number of ether oxygens (including phenoxy) is 1. The molecule has 1 aliphatic carbocycles. The Morgan fingerprint density at radius 3 is 2.93 bits per heavy atom. The normalized spacial score (nSPS) is 26.7. The highest BCUT2D eigenvalue weighted by molar-refractivity contribution is 5.78. The van der Waals surface area contributed by atoms with Crippen molar-refractivity contribution in [1.29, 1.82) is 0 Å². The van der Waals surface area contributed by atoms with Gasteiger partial charge in [0.1, 0.15) is 0 Å². The summed E-state index contributed by atoms with van der Waals surface area (Å²) in [6, 6.07) is 0.608. The fourth-order valence-corrected chi connectivity index (χ4v) is 1.99. The number of carbonyl (C=O) groups excluding carboxylic acids is 1. The van der Waals surface area contributed by atoms with Crippen LogP contribution in [0.5, 0.6) is 0 Å². The molecule has 1 heterocycles. The lowest BCUT2D eigenvalue weighted by Crippen LogP contribution is -2.46. The Balaban J connectivity index is 1.72. The summed E-state index contributed by atoms with van der Waals surface area (Å²) in [6.45, 7) is 2.16. The lowest BCUT2D eigenvalue weighted by Gasteiger charge is -2.32. The second kappa shape index (κ2) is 4.94. The summed E-state index contributed by atoms with van der Waals surface area (Å²) < 4.78 is 5.30. The number of likely N-dealkylation sites (tertiary alicyclic amines) is 1. The summed E-state index contributed by atoms with van der Waals surface area (Å²) >= 11 is 0. The minimum atomic E-state index is 0.226. The number of hydrogen-bond donors (Lipinski definition) is 1. The first-order valence-electron chi connectivity index (χ1n) is 5.83. The average molecular weight is 212 g/mol. The van der Waals surface area contributed by atoms with Crippen molar-refractivity contribution in [3.63, 3.8) is 0 Å². The van der Waals surface area contributed by atoms with Gasteiger partial charge in [0, 0.05) is 26.2 Å². The largest absolute Gasteiger partial charge is 0.380 e. The number of nitrogens with one attached hydrogen (secondary N) is 1. The molecule has 0 spiro atoms. The highest BCUT2D eigenvalue weighted by Gasteiger charge is 2.25. The molecule has 2 fully saturated rings. The lowest BCUT2D eigenvalue weighted by atomic mass is 10.1. The molecular weight excluding hydrogens is 192 g/mol. The quantitative estimate of drug-likeness (QED) is 0.732. The fourth-order valence-electron chi connectivity index (χ4n) is 1.99.